The number of pyridine rings is 1. The maximum Gasteiger partial charge on any atom is 0.388 e. The molecule has 0 spiro atoms. The third kappa shape index (κ3) is 2.76. The molecule has 134 valence electrons. The minimum absolute atomic E-state index is 0.0566. The Morgan fingerprint density at radius 1 is 1.24 bits per heavy atom. The van der Waals surface area contributed by atoms with Crippen molar-refractivity contribution in [3.63, 3.8) is 0 Å². The average Bonchev–Trinajstić information content (AvgIpc) is 3.17. The molecule has 2 saturated heterocycles. The molecular weight excluding hydrogens is 352 g/mol. The smallest absolute Gasteiger partial charge is 0.388 e. The largest absolute Gasteiger partial charge is 0.416 e. The summed E-state index contributed by atoms with van der Waals surface area (Å²) in [7, 11) is -3.74. The van der Waals surface area contributed by atoms with Gasteiger partial charge in [0.05, 0.1) is 4.90 Å². The second-order valence-electron chi connectivity index (χ2n) is 6.24. The zero-order chi connectivity index (χ0) is 17.6. The number of alkyl halides is 2. The van der Waals surface area contributed by atoms with Crippen LogP contribution in [-0.2, 0) is 10.0 Å². The molecule has 4 rings (SSSR count). The predicted molar refractivity (Wildman–Crippen MR) is 87.0 cm³/mol. The number of fused-ring (bicyclic) bond motifs is 2. The van der Waals surface area contributed by atoms with Crippen LogP contribution in [0.5, 0.6) is 5.88 Å². The van der Waals surface area contributed by atoms with Gasteiger partial charge in [0, 0.05) is 36.1 Å². The summed E-state index contributed by atoms with van der Waals surface area (Å²) >= 11 is 0. The van der Waals surface area contributed by atoms with Gasteiger partial charge in [-0.1, -0.05) is 6.07 Å². The van der Waals surface area contributed by atoms with Crippen LogP contribution in [-0.4, -0.2) is 50.0 Å². The molecule has 25 heavy (non-hydrogen) atoms. The summed E-state index contributed by atoms with van der Waals surface area (Å²) < 4.78 is 57.5. The highest BCUT2D eigenvalue weighted by molar-refractivity contribution is 7.89. The number of halogens is 2. The SMILES string of the molecule is O=S(=O)(c1cccc2c(OC(F)F)nccc12)N1CCC2CNCC21. The molecular formula is C16H17F2N3O3S. The van der Waals surface area contributed by atoms with Gasteiger partial charge < -0.3 is 10.1 Å². The van der Waals surface area contributed by atoms with Gasteiger partial charge in [-0.25, -0.2) is 13.4 Å². The van der Waals surface area contributed by atoms with E-state index in [1.54, 1.807) is 0 Å². The molecule has 9 heteroatoms. The van der Waals surface area contributed by atoms with Gasteiger partial charge in [-0.15, -0.1) is 0 Å². The zero-order valence-corrected chi connectivity index (χ0v) is 14.0. The molecule has 1 aromatic heterocycles. The van der Waals surface area contributed by atoms with Crippen LogP contribution < -0.4 is 10.1 Å². The minimum Gasteiger partial charge on any atom is -0.416 e. The molecule has 0 bridgehead atoms. The number of rotatable bonds is 4. The highest BCUT2D eigenvalue weighted by Crippen LogP contribution is 2.36. The number of hydrogen-bond donors (Lipinski definition) is 1. The van der Waals surface area contributed by atoms with Crippen LogP contribution in [0, 0.1) is 5.92 Å². The van der Waals surface area contributed by atoms with Crippen LogP contribution in [0.15, 0.2) is 35.4 Å². The first-order valence-electron chi connectivity index (χ1n) is 8.03. The lowest BCUT2D eigenvalue weighted by Gasteiger charge is -2.23. The molecule has 1 aromatic carbocycles. The second kappa shape index (κ2) is 6.15. The van der Waals surface area contributed by atoms with Gasteiger partial charge in [0.25, 0.3) is 0 Å². The molecule has 2 aliphatic heterocycles. The Balaban J connectivity index is 1.81. The van der Waals surface area contributed by atoms with Gasteiger partial charge in [0.1, 0.15) is 0 Å². The van der Waals surface area contributed by atoms with Crippen LogP contribution in [0.4, 0.5) is 8.78 Å². The van der Waals surface area contributed by atoms with Gasteiger partial charge in [0.15, 0.2) is 0 Å². The van der Waals surface area contributed by atoms with Crippen molar-refractivity contribution in [3.8, 4) is 5.88 Å². The van der Waals surface area contributed by atoms with E-state index in [1.807, 2.05) is 0 Å². The van der Waals surface area contributed by atoms with Crippen molar-refractivity contribution < 1.29 is 21.9 Å². The van der Waals surface area contributed by atoms with Gasteiger partial charge in [-0.05, 0) is 37.1 Å². The fourth-order valence-electron chi connectivity index (χ4n) is 3.79. The van der Waals surface area contributed by atoms with E-state index in [0.717, 1.165) is 13.0 Å². The van der Waals surface area contributed by atoms with E-state index < -0.39 is 16.6 Å². The highest BCUT2D eigenvalue weighted by Gasteiger charge is 2.44. The lowest BCUT2D eigenvalue weighted by atomic mass is 10.1. The molecule has 0 amide bonds. The number of nitrogens with one attached hydrogen (secondary N) is 1. The Kier molecular flexibility index (Phi) is 4.09. The Labute approximate surface area is 143 Å². The molecule has 6 nitrogen and oxygen atoms in total. The fourth-order valence-corrected chi connectivity index (χ4v) is 5.70. The summed E-state index contributed by atoms with van der Waals surface area (Å²) in [5.41, 5.74) is 0. The molecule has 0 radical (unpaired) electrons. The van der Waals surface area contributed by atoms with Crippen LogP contribution in [0.3, 0.4) is 0 Å². The number of ether oxygens (including phenoxy) is 1. The van der Waals surface area contributed by atoms with Gasteiger partial charge in [-0.3, -0.25) is 0 Å². The average molecular weight is 369 g/mol. The quantitative estimate of drug-likeness (QED) is 0.890. The number of hydrogen-bond acceptors (Lipinski definition) is 5. The van der Waals surface area contributed by atoms with E-state index in [0.29, 0.717) is 24.4 Å². The summed E-state index contributed by atoms with van der Waals surface area (Å²) in [6.07, 6.45) is 2.10. The molecule has 2 fully saturated rings. The van der Waals surface area contributed by atoms with E-state index in [4.69, 9.17) is 0 Å². The maximum absolute atomic E-state index is 13.2. The van der Waals surface area contributed by atoms with E-state index >= 15 is 0 Å². The Bertz CT molecular complexity index is 907. The highest BCUT2D eigenvalue weighted by atomic mass is 32.2. The van der Waals surface area contributed by atoms with Crippen molar-refractivity contribution in [1.29, 1.82) is 0 Å². The number of benzene rings is 1. The maximum atomic E-state index is 13.2. The number of aromatic nitrogens is 1. The second-order valence-corrected chi connectivity index (χ2v) is 8.09. The van der Waals surface area contributed by atoms with Crippen molar-refractivity contribution in [2.75, 3.05) is 19.6 Å². The van der Waals surface area contributed by atoms with Crippen LogP contribution >= 0.6 is 0 Å². The lowest BCUT2D eigenvalue weighted by Crippen LogP contribution is -2.39. The van der Waals surface area contributed by atoms with E-state index in [9.17, 15) is 17.2 Å². The first kappa shape index (κ1) is 16.6. The summed E-state index contributed by atoms with van der Waals surface area (Å²) in [5.74, 6) is 0.0514. The van der Waals surface area contributed by atoms with E-state index in [1.165, 1.54) is 34.8 Å². The normalized spacial score (nSPS) is 24.1. The number of nitrogens with zero attached hydrogens (tertiary/aromatic N) is 2. The molecule has 2 aliphatic rings. The summed E-state index contributed by atoms with van der Waals surface area (Å²) in [6.45, 7) is -1.10. The molecule has 2 aromatic rings. The molecule has 3 heterocycles. The van der Waals surface area contributed by atoms with Crippen molar-refractivity contribution in [2.24, 2.45) is 5.92 Å². The van der Waals surface area contributed by atoms with Gasteiger partial charge >= 0.3 is 6.61 Å². The summed E-state index contributed by atoms with van der Waals surface area (Å²) in [4.78, 5) is 3.90. The summed E-state index contributed by atoms with van der Waals surface area (Å²) in [5, 5.41) is 3.82. The standard InChI is InChI=1S/C16H17F2N3O3S/c17-16(18)24-15-12-2-1-3-14(11(12)4-6-20-15)25(22,23)21-7-5-10-8-19-9-13(10)21/h1-4,6,10,13,16,19H,5,7-9H2. The fraction of sp³-hybridized carbons (Fsp3) is 0.438. The van der Waals surface area contributed by atoms with Crippen molar-refractivity contribution in [2.45, 2.75) is 24.0 Å². The minimum atomic E-state index is -3.74. The topological polar surface area (TPSA) is 71.5 Å². The Hall–Kier alpha value is -1.84. The molecule has 1 N–H and O–H groups in total. The van der Waals surface area contributed by atoms with Crippen molar-refractivity contribution in [1.82, 2.24) is 14.6 Å². The third-order valence-electron chi connectivity index (χ3n) is 4.91. The van der Waals surface area contributed by atoms with Gasteiger partial charge in [-0.2, -0.15) is 13.1 Å². The molecule has 0 aliphatic carbocycles. The monoisotopic (exact) mass is 369 g/mol. The van der Waals surface area contributed by atoms with Crippen molar-refractivity contribution in [3.05, 3.63) is 30.5 Å². The van der Waals surface area contributed by atoms with Crippen LogP contribution in [0.25, 0.3) is 10.8 Å². The first-order valence-corrected chi connectivity index (χ1v) is 9.47. The molecule has 2 atom stereocenters. The third-order valence-corrected chi connectivity index (χ3v) is 6.89. The lowest BCUT2D eigenvalue weighted by molar-refractivity contribution is -0.0517. The predicted octanol–water partition coefficient (Wildman–Crippen LogP) is 1.82. The Morgan fingerprint density at radius 3 is 2.88 bits per heavy atom. The van der Waals surface area contributed by atoms with Crippen LogP contribution in [0.2, 0.25) is 0 Å². The Morgan fingerprint density at radius 2 is 2.08 bits per heavy atom. The zero-order valence-electron chi connectivity index (χ0n) is 13.2. The van der Waals surface area contributed by atoms with Gasteiger partial charge in [0.2, 0.25) is 15.9 Å². The molecule has 2 unspecified atom stereocenters. The molecule has 0 saturated carbocycles. The van der Waals surface area contributed by atoms with Crippen molar-refractivity contribution >= 4 is 20.8 Å². The van der Waals surface area contributed by atoms with Crippen LogP contribution in [0.1, 0.15) is 6.42 Å². The summed E-state index contributed by atoms with van der Waals surface area (Å²) in [6, 6.07) is 6.01. The van der Waals surface area contributed by atoms with E-state index in [2.05, 4.69) is 15.0 Å². The number of sulfonamides is 1. The first-order chi connectivity index (χ1) is 12.0. The van der Waals surface area contributed by atoms with E-state index in [-0.39, 0.29) is 22.2 Å².